The molecule has 174 valence electrons. The zero-order valence-corrected chi connectivity index (χ0v) is 16.3. The fourth-order valence-corrected chi connectivity index (χ4v) is 3.39. The molecule has 0 radical (unpaired) electrons. The van der Waals surface area contributed by atoms with E-state index in [1.807, 2.05) is 0 Å². The number of ether oxygens (including phenoxy) is 2. The summed E-state index contributed by atoms with van der Waals surface area (Å²) in [4.78, 5) is 23.3. The number of carbonyl (C=O) groups is 2. The molecule has 0 aliphatic carbocycles. The highest BCUT2D eigenvalue weighted by Gasteiger charge is 2.75. The number of hydrogen-bond acceptors (Lipinski definition) is 7. The van der Waals surface area contributed by atoms with Gasteiger partial charge in [-0.25, -0.2) is 18.0 Å². The molecule has 0 bridgehead atoms. The molecule has 0 spiro atoms. The minimum Gasteiger partial charge on any atom is -0.748 e. The van der Waals surface area contributed by atoms with Crippen LogP contribution in [-0.4, -0.2) is 48.6 Å². The fourth-order valence-electron chi connectivity index (χ4n) is 2.51. The summed E-state index contributed by atoms with van der Waals surface area (Å²) in [6.45, 7) is 3.19. The second-order valence-electron chi connectivity index (χ2n) is 6.26. The van der Waals surface area contributed by atoms with Gasteiger partial charge in [-0.15, -0.1) is 0 Å². The van der Waals surface area contributed by atoms with E-state index in [1.165, 1.54) is 18.2 Å². The number of esters is 2. The van der Waals surface area contributed by atoms with Crippen molar-refractivity contribution in [1.82, 2.24) is 0 Å². The first kappa shape index (κ1) is 25.1. The Kier molecular flexibility index (Phi) is 6.62. The van der Waals surface area contributed by atoms with Crippen molar-refractivity contribution >= 4 is 32.8 Å². The van der Waals surface area contributed by atoms with E-state index in [9.17, 15) is 48.9 Å². The molecule has 0 N–H and O–H groups in total. The lowest BCUT2D eigenvalue weighted by Crippen LogP contribution is -2.63. The summed E-state index contributed by atoms with van der Waals surface area (Å²) < 4.78 is 120. The molecule has 0 atom stereocenters. The van der Waals surface area contributed by atoms with Gasteiger partial charge in [-0.3, -0.25) is 0 Å². The summed E-state index contributed by atoms with van der Waals surface area (Å²) >= 11 is 0. The monoisotopic (exact) mass is 485 g/mol. The number of benzene rings is 2. The van der Waals surface area contributed by atoms with Crippen LogP contribution < -0.4 is 4.74 Å². The zero-order valence-electron chi connectivity index (χ0n) is 15.5. The smallest absolute Gasteiger partial charge is 0.438 e. The summed E-state index contributed by atoms with van der Waals surface area (Å²) in [5.41, 5.74) is -6.37. The Morgan fingerprint density at radius 1 is 0.969 bits per heavy atom. The molecule has 0 saturated heterocycles. The van der Waals surface area contributed by atoms with Gasteiger partial charge in [0.15, 0.2) is 0 Å². The standard InChI is InChI=1S/C18H12F6O7S/c1-2-14(25)30-13-6-5-10-7-12(4-3-11(10)8-13)15(26)31-16(17(19,20)21,18(22,23)24)9-32(27,28)29/h2-8H,1,9H2,(H,27,28,29)/p-1. The summed E-state index contributed by atoms with van der Waals surface area (Å²) in [7, 11) is -6.14. The Hall–Kier alpha value is -3.13. The number of hydrogen-bond donors (Lipinski definition) is 0. The van der Waals surface area contributed by atoms with Crippen molar-refractivity contribution in [1.29, 1.82) is 0 Å². The normalized spacial score (nSPS) is 13.0. The molecule has 14 heteroatoms. The second-order valence-corrected chi connectivity index (χ2v) is 7.67. The van der Waals surface area contributed by atoms with E-state index in [0.29, 0.717) is 0 Å². The van der Waals surface area contributed by atoms with E-state index in [4.69, 9.17) is 4.74 Å². The summed E-state index contributed by atoms with van der Waals surface area (Å²) in [5, 5.41) is 0.398. The fraction of sp³-hybridized carbons (Fsp3) is 0.222. The number of carbonyl (C=O) groups excluding carboxylic acids is 2. The molecule has 0 fully saturated rings. The van der Waals surface area contributed by atoms with Gasteiger partial charge in [-0.05, 0) is 35.0 Å². The molecule has 0 aliphatic heterocycles. The Bertz CT molecular complexity index is 1150. The predicted molar refractivity (Wildman–Crippen MR) is 94.6 cm³/mol. The molecule has 0 heterocycles. The first-order valence-corrected chi connectivity index (χ1v) is 9.75. The van der Waals surface area contributed by atoms with E-state index in [0.717, 1.165) is 24.3 Å². The van der Waals surface area contributed by atoms with Crippen molar-refractivity contribution in [3.8, 4) is 5.75 Å². The topological polar surface area (TPSA) is 110 Å². The zero-order chi connectivity index (χ0) is 24.5. The lowest BCUT2D eigenvalue weighted by Gasteiger charge is -2.36. The molecule has 0 saturated carbocycles. The van der Waals surface area contributed by atoms with Gasteiger partial charge >= 0.3 is 29.9 Å². The molecule has 2 rings (SSSR count). The third kappa shape index (κ3) is 5.37. The Labute approximate surface area is 176 Å². The first-order valence-electron chi connectivity index (χ1n) is 8.17. The van der Waals surface area contributed by atoms with Gasteiger partial charge in [0.1, 0.15) is 5.75 Å². The van der Waals surface area contributed by atoms with Gasteiger partial charge in [0, 0.05) is 6.08 Å². The van der Waals surface area contributed by atoms with Gasteiger partial charge in [-0.2, -0.15) is 26.3 Å². The van der Waals surface area contributed by atoms with E-state index in [-0.39, 0.29) is 16.5 Å². The molecule has 2 aromatic carbocycles. The maximum absolute atomic E-state index is 13.3. The maximum Gasteiger partial charge on any atom is 0.438 e. The highest BCUT2D eigenvalue weighted by atomic mass is 32.2. The molecule has 0 unspecified atom stereocenters. The van der Waals surface area contributed by atoms with Gasteiger partial charge < -0.3 is 14.0 Å². The minimum atomic E-state index is -6.47. The van der Waals surface area contributed by atoms with Crippen LogP contribution >= 0.6 is 0 Å². The molecular formula is C18H11F6O7S-. The molecule has 32 heavy (non-hydrogen) atoms. The average Bonchev–Trinajstić information content (AvgIpc) is 2.63. The molecular weight excluding hydrogens is 474 g/mol. The first-order chi connectivity index (χ1) is 14.5. The number of alkyl halides is 6. The highest BCUT2D eigenvalue weighted by molar-refractivity contribution is 7.85. The SMILES string of the molecule is C=CC(=O)Oc1ccc2cc(C(=O)OC(CS(=O)(=O)[O-])(C(F)(F)F)C(F)(F)F)ccc2c1. The number of fused-ring (bicyclic) bond motifs is 1. The van der Waals surface area contributed by atoms with Crippen LogP contribution in [0.2, 0.25) is 0 Å². The number of rotatable bonds is 6. The van der Waals surface area contributed by atoms with Crippen molar-refractivity contribution in [3.05, 3.63) is 54.6 Å². The van der Waals surface area contributed by atoms with Crippen molar-refractivity contribution in [3.63, 3.8) is 0 Å². The highest BCUT2D eigenvalue weighted by Crippen LogP contribution is 2.47. The summed E-state index contributed by atoms with van der Waals surface area (Å²) in [6, 6.07) is 6.50. The van der Waals surface area contributed by atoms with E-state index >= 15 is 0 Å². The predicted octanol–water partition coefficient (Wildman–Crippen LogP) is 3.50. The minimum absolute atomic E-state index is 0.0338. The largest absolute Gasteiger partial charge is 0.748 e. The molecule has 0 aliphatic rings. The summed E-state index contributed by atoms with van der Waals surface area (Å²) in [5.74, 6) is -6.03. The average molecular weight is 485 g/mol. The van der Waals surface area contributed by atoms with Crippen molar-refractivity contribution in [2.45, 2.75) is 18.0 Å². The van der Waals surface area contributed by atoms with Gasteiger partial charge in [0.25, 0.3) is 0 Å². The Balaban J connectivity index is 2.47. The molecule has 2 aromatic rings. The van der Waals surface area contributed by atoms with E-state index in [2.05, 4.69) is 11.3 Å². The van der Waals surface area contributed by atoms with Gasteiger partial charge in [0.2, 0.25) is 0 Å². The summed E-state index contributed by atoms with van der Waals surface area (Å²) in [6.07, 6.45) is -12.1. The van der Waals surface area contributed by atoms with E-state index in [1.54, 1.807) is 0 Å². The maximum atomic E-state index is 13.3. The lowest BCUT2D eigenvalue weighted by atomic mass is 10.0. The van der Waals surface area contributed by atoms with Crippen molar-refractivity contribution < 1.29 is 58.4 Å². The molecule has 0 amide bonds. The van der Waals surface area contributed by atoms with Crippen LogP contribution in [0.4, 0.5) is 26.3 Å². The Morgan fingerprint density at radius 3 is 2.00 bits per heavy atom. The van der Waals surface area contributed by atoms with Crippen LogP contribution in [0.5, 0.6) is 5.75 Å². The van der Waals surface area contributed by atoms with Gasteiger partial charge in [0.05, 0.1) is 21.4 Å². The number of halogens is 6. The third-order valence-corrected chi connectivity index (χ3v) is 4.76. The quantitative estimate of drug-likeness (QED) is 0.203. The van der Waals surface area contributed by atoms with Gasteiger partial charge in [-0.1, -0.05) is 18.7 Å². The van der Waals surface area contributed by atoms with Crippen LogP contribution in [0, 0.1) is 0 Å². The molecule has 0 aromatic heterocycles. The molecule has 7 nitrogen and oxygen atoms in total. The second kappa shape index (κ2) is 8.43. The van der Waals surface area contributed by atoms with E-state index < -0.39 is 51.3 Å². The van der Waals surface area contributed by atoms with Crippen molar-refractivity contribution in [2.75, 3.05) is 5.75 Å². The van der Waals surface area contributed by atoms with Crippen LogP contribution in [-0.2, 0) is 19.6 Å². The third-order valence-electron chi connectivity index (χ3n) is 4.00. The van der Waals surface area contributed by atoms with Crippen LogP contribution in [0.3, 0.4) is 0 Å². The van der Waals surface area contributed by atoms with Crippen LogP contribution in [0.25, 0.3) is 10.8 Å². The Morgan fingerprint density at radius 2 is 1.50 bits per heavy atom. The van der Waals surface area contributed by atoms with Crippen LogP contribution in [0.1, 0.15) is 10.4 Å². The lowest BCUT2D eigenvalue weighted by molar-refractivity contribution is -0.356. The van der Waals surface area contributed by atoms with Crippen LogP contribution in [0.15, 0.2) is 49.1 Å². The van der Waals surface area contributed by atoms with Crippen molar-refractivity contribution in [2.24, 2.45) is 0 Å².